The lowest BCUT2D eigenvalue weighted by Gasteiger charge is -2.09. The zero-order valence-electron chi connectivity index (χ0n) is 11.1. The molecule has 0 bridgehead atoms. The van der Waals surface area contributed by atoms with Gasteiger partial charge in [-0.05, 0) is 48.7 Å². The van der Waals surface area contributed by atoms with Gasteiger partial charge < -0.3 is 9.94 Å². The summed E-state index contributed by atoms with van der Waals surface area (Å²) in [6, 6.07) is 8.84. The molecule has 0 aliphatic heterocycles. The van der Waals surface area contributed by atoms with Gasteiger partial charge in [0, 0.05) is 17.2 Å². The monoisotopic (exact) mass is 289 g/mol. The van der Waals surface area contributed by atoms with Gasteiger partial charge in [-0.3, -0.25) is 0 Å². The van der Waals surface area contributed by atoms with E-state index in [4.69, 9.17) is 9.94 Å². The third-order valence-corrected chi connectivity index (χ3v) is 3.55. The number of benzene rings is 2. The minimum atomic E-state index is -0.620. The topological polar surface area (TPSA) is 41.8 Å². The number of ether oxygens (including phenoxy) is 1. The Labute approximate surface area is 120 Å². The van der Waals surface area contributed by atoms with E-state index in [-0.39, 0.29) is 6.61 Å². The van der Waals surface area contributed by atoms with Gasteiger partial charge in [-0.15, -0.1) is 0 Å². The summed E-state index contributed by atoms with van der Waals surface area (Å²) in [6.45, 7) is 0.0336. The summed E-state index contributed by atoms with van der Waals surface area (Å²) in [5.41, 5.74) is 2.92. The Balaban J connectivity index is 1.75. The van der Waals surface area contributed by atoms with Crippen LogP contribution in [0.2, 0.25) is 0 Å². The first-order valence-electron chi connectivity index (χ1n) is 6.58. The van der Waals surface area contributed by atoms with Crippen LogP contribution < -0.4 is 4.74 Å². The highest BCUT2D eigenvalue weighted by Crippen LogP contribution is 2.27. The van der Waals surface area contributed by atoms with Crippen molar-refractivity contribution in [3.63, 3.8) is 0 Å². The summed E-state index contributed by atoms with van der Waals surface area (Å²) >= 11 is 0. The van der Waals surface area contributed by atoms with Crippen molar-refractivity contribution < 1.29 is 18.7 Å². The molecule has 5 heteroatoms. The molecular weight excluding hydrogens is 276 g/mol. The van der Waals surface area contributed by atoms with Crippen LogP contribution in [-0.2, 0) is 13.0 Å². The van der Waals surface area contributed by atoms with Crippen LogP contribution in [0.5, 0.6) is 5.75 Å². The average Bonchev–Trinajstić information content (AvgIpc) is 2.88. The van der Waals surface area contributed by atoms with Gasteiger partial charge in [0.25, 0.3) is 0 Å². The van der Waals surface area contributed by atoms with Crippen LogP contribution in [-0.4, -0.2) is 10.9 Å². The molecule has 1 N–H and O–H groups in total. The number of oxime groups is 1. The van der Waals surface area contributed by atoms with Crippen LogP contribution in [0.25, 0.3) is 0 Å². The van der Waals surface area contributed by atoms with Crippen LogP contribution in [0.1, 0.15) is 23.1 Å². The van der Waals surface area contributed by atoms with Gasteiger partial charge in [0.1, 0.15) is 24.0 Å². The van der Waals surface area contributed by atoms with Crippen molar-refractivity contribution in [3.8, 4) is 5.75 Å². The maximum absolute atomic E-state index is 13.5. The average molecular weight is 289 g/mol. The second-order valence-electron chi connectivity index (χ2n) is 4.89. The highest BCUT2D eigenvalue weighted by Gasteiger charge is 2.18. The zero-order chi connectivity index (χ0) is 14.8. The zero-order valence-corrected chi connectivity index (χ0v) is 11.1. The van der Waals surface area contributed by atoms with Gasteiger partial charge in [0.05, 0.1) is 5.71 Å². The molecule has 0 saturated heterocycles. The van der Waals surface area contributed by atoms with Crippen molar-refractivity contribution >= 4 is 5.71 Å². The summed E-state index contributed by atoms with van der Waals surface area (Å²) in [7, 11) is 0. The van der Waals surface area contributed by atoms with E-state index in [1.807, 2.05) is 12.1 Å². The predicted molar refractivity (Wildman–Crippen MR) is 73.8 cm³/mol. The number of fused-ring (bicyclic) bond motifs is 1. The number of aryl methyl sites for hydroxylation is 1. The van der Waals surface area contributed by atoms with Gasteiger partial charge in [-0.25, -0.2) is 8.78 Å². The highest BCUT2D eigenvalue weighted by molar-refractivity contribution is 6.04. The maximum Gasteiger partial charge on any atom is 0.132 e. The Morgan fingerprint density at radius 2 is 1.95 bits per heavy atom. The Morgan fingerprint density at radius 3 is 2.71 bits per heavy atom. The number of hydrogen-bond acceptors (Lipinski definition) is 3. The smallest absolute Gasteiger partial charge is 0.132 e. The molecule has 3 rings (SSSR count). The molecule has 0 radical (unpaired) electrons. The minimum absolute atomic E-state index is 0.0336. The molecule has 0 amide bonds. The highest BCUT2D eigenvalue weighted by atomic mass is 19.1. The molecule has 2 aromatic carbocycles. The van der Waals surface area contributed by atoms with Gasteiger partial charge >= 0.3 is 0 Å². The molecule has 1 aliphatic rings. The lowest BCUT2D eigenvalue weighted by atomic mass is 10.1. The molecule has 0 fully saturated rings. The fourth-order valence-corrected chi connectivity index (χ4v) is 2.44. The standard InChI is InChI=1S/C16H13F2NO2/c17-12-3-1-11(15(18)8-12)9-21-13-4-5-14-10(7-13)2-6-16(14)19-20/h1,3-5,7-8,20H,2,6,9H2/b19-16-. The molecule has 0 atom stereocenters. The molecular formula is C16H13F2NO2. The molecule has 0 saturated carbocycles. The van der Waals surface area contributed by atoms with Crippen molar-refractivity contribution in [1.29, 1.82) is 0 Å². The van der Waals surface area contributed by atoms with E-state index in [1.54, 1.807) is 6.07 Å². The minimum Gasteiger partial charge on any atom is -0.489 e. The van der Waals surface area contributed by atoms with Crippen LogP contribution in [0.3, 0.4) is 0 Å². The van der Waals surface area contributed by atoms with Gasteiger partial charge in [-0.1, -0.05) is 5.16 Å². The molecule has 108 valence electrons. The predicted octanol–water partition coefficient (Wildman–Crippen LogP) is 3.67. The third-order valence-electron chi connectivity index (χ3n) is 3.55. The van der Waals surface area contributed by atoms with E-state index in [9.17, 15) is 8.78 Å². The van der Waals surface area contributed by atoms with E-state index < -0.39 is 11.6 Å². The Kier molecular flexibility index (Phi) is 3.56. The number of hydrogen-bond donors (Lipinski definition) is 1. The quantitative estimate of drug-likeness (QED) is 0.692. The summed E-state index contributed by atoms with van der Waals surface area (Å²) in [6.07, 6.45) is 1.48. The summed E-state index contributed by atoms with van der Waals surface area (Å²) < 4.78 is 31.9. The fourth-order valence-electron chi connectivity index (χ4n) is 2.44. The lowest BCUT2D eigenvalue weighted by molar-refractivity contribution is 0.299. The maximum atomic E-state index is 13.5. The SMILES string of the molecule is O/N=C1/CCc2cc(OCc3ccc(F)cc3F)ccc21. The van der Waals surface area contributed by atoms with Crippen molar-refractivity contribution in [2.24, 2.45) is 5.16 Å². The molecule has 0 aromatic heterocycles. The van der Waals surface area contributed by atoms with Crippen molar-refractivity contribution in [2.75, 3.05) is 0 Å². The molecule has 0 unspecified atom stereocenters. The Hall–Kier alpha value is -2.43. The Morgan fingerprint density at radius 1 is 1.10 bits per heavy atom. The molecule has 2 aromatic rings. The van der Waals surface area contributed by atoms with E-state index in [1.165, 1.54) is 12.1 Å². The number of nitrogens with zero attached hydrogens (tertiary/aromatic N) is 1. The van der Waals surface area contributed by atoms with Crippen LogP contribution in [0.15, 0.2) is 41.6 Å². The van der Waals surface area contributed by atoms with Crippen LogP contribution in [0, 0.1) is 11.6 Å². The van der Waals surface area contributed by atoms with Crippen molar-refractivity contribution in [3.05, 3.63) is 64.7 Å². The van der Waals surface area contributed by atoms with Crippen LogP contribution in [0.4, 0.5) is 8.78 Å². The molecule has 0 spiro atoms. The normalized spacial score (nSPS) is 15.2. The summed E-state index contributed by atoms with van der Waals surface area (Å²) in [5.74, 6) is -0.618. The first kappa shape index (κ1) is 13.5. The summed E-state index contributed by atoms with van der Waals surface area (Å²) in [4.78, 5) is 0. The molecule has 21 heavy (non-hydrogen) atoms. The Bertz CT molecular complexity index is 713. The molecule has 1 aliphatic carbocycles. The molecule has 3 nitrogen and oxygen atoms in total. The summed E-state index contributed by atoms with van der Waals surface area (Å²) in [5, 5.41) is 12.1. The van der Waals surface area contributed by atoms with Gasteiger partial charge in [-0.2, -0.15) is 0 Å². The number of halogens is 2. The van der Waals surface area contributed by atoms with Crippen LogP contribution >= 0.6 is 0 Å². The van der Waals surface area contributed by atoms with Crippen molar-refractivity contribution in [2.45, 2.75) is 19.4 Å². The van der Waals surface area contributed by atoms with E-state index in [0.717, 1.165) is 23.6 Å². The van der Waals surface area contributed by atoms with E-state index in [2.05, 4.69) is 5.16 Å². The second-order valence-corrected chi connectivity index (χ2v) is 4.89. The molecule has 0 heterocycles. The fraction of sp³-hybridized carbons (Fsp3) is 0.188. The van der Waals surface area contributed by atoms with E-state index >= 15 is 0 Å². The van der Waals surface area contributed by atoms with Crippen molar-refractivity contribution in [1.82, 2.24) is 0 Å². The first-order valence-corrected chi connectivity index (χ1v) is 6.58. The first-order chi connectivity index (χ1) is 10.2. The lowest BCUT2D eigenvalue weighted by Crippen LogP contribution is -2.00. The largest absolute Gasteiger partial charge is 0.489 e. The van der Waals surface area contributed by atoms with Gasteiger partial charge in [0.15, 0.2) is 0 Å². The van der Waals surface area contributed by atoms with E-state index in [0.29, 0.717) is 23.4 Å². The number of rotatable bonds is 3. The second kappa shape index (κ2) is 5.52. The third kappa shape index (κ3) is 2.72. The van der Waals surface area contributed by atoms with Gasteiger partial charge in [0.2, 0.25) is 0 Å².